The average molecular weight is 751 g/mol. The van der Waals surface area contributed by atoms with Gasteiger partial charge in [0.15, 0.2) is 0 Å². The minimum Gasteiger partial charge on any atom is -0.0613 e. The maximum Gasteiger partial charge on any atom is 0.0162 e. The molecule has 0 aromatic heterocycles. The standard InChI is InChI=1S/C58H54/c1-27-21-39-45-43-29(27)17-15-19-35(43)53(3,4)41-25-33-31-23-38-32(24-37(31)55(7,8)49(33)51(47(41)45)57(39,11)12)34-26-42-48-46-40(58(13,14)52(48)50(34)56(38,9)10)22-28(2)30-18-16-20-36(44(30)46)54(42,5)6/h15-26H,1-14H3. The Kier molecular flexibility index (Phi) is 5.42. The summed E-state index contributed by atoms with van der Waals surface area (Å²) in [5.74, 6) is 0. The van der Waals surface area contributed by atoms with Crippen LogP contribution in [0.2, 0.25) is 0 Å². The van der Waals surface area contributed by atoms with Gasteiger partial charge in [-0.3, -0.25) is 0 Å². The molecule has 0 spiro atoms. The normalized spacial score (nSPS) is 20.4. The minimum atomic E-state index is -0.159. The maximum atomic E-state index is 2.68. The molecule has 0 bridgehead atoms. The summed E-state index contributed by atoms with van der Waals surface area (Å²) in [5.41, 5.74) is 32.2. The molecule has 0 heteroatoms. The number of aryl methyl sites for hydroxylation is 2. The molecule has 0 radical (unpaired) electrons. The second-order valence-corrected chi connectivity index (χ2v) is 22.6. The zero-order chi connectivity index (χ0) is 40.5. The van der Waals surface area contributed by atoms with Crippen LogP contribution < -0.4 is 0 Å². The lowest BCUT2D eigenvalue weighted by Gasteiger charge is -2.37. The lowest BCUT2D eigenvalue weighted by molar-refractivity contribution is 0.594. The molecule has 0 fully saturated rings. The number of hydrogen-bond donors (Lipinski definition) is 0. The van der Waals surface area contributed by atoms with Crippen LogP contribution in [0.25, 0.3) is 66.1 Å². The number of fused-ring (bicyclic) bond motifs is 8. The van der Waals surface area contributed by atoms with E-state index in [1.165, 1.54) is 122 Å². The first kappa shape index (κ1) is 34.0. The van der Waals surface area contributed by atoms with Crippen LogP contribution in [-0.4, -0.2) is 0 Å². The molecule has 0 atom stereocenters. The van der Waals surface area contributed by atoms with Crippen molar-refractivity contribution in [2.75, 3.05) is 0 Å². The Balaban J connectivity index is 1.11. The Hall–Kier alpha value is -4.94. The molecule has 0 amide bonds. The summed E-state index contributed by atoms with van der Waals surface area (Å²) in [6.07, 6.45) is 0. The molecule has 0 nitrogen and oxygen atoms in total. The second kappa shape index (κ2) is 9.26. The van der Waals surface area contributed by atoms with Crippen molar-refractivity contribution in [1.82, 2.24) is 0 Å². The zero-order valence-electron chi connectivity index (χ0n) is 36.9. The highest BCUT2D eigenvalue weighted by molar-refractivity contribution is 6.13. The summed E-state index contributed by atoms with van der Waals surface area (Å²) in [6, 6.07) is 29.9. The van der Waals surface area contributed by atoms with E-state index in [1.807, 2.05) is 0 Å². The van der Waals surface area contributed by atoms with Crippen molar-refractivity contribution in [1.29, 1.82) is 0 Å². The third-order valence-electron chi connectivity index (χ3n) is 17.5. The highest BCUT2D eigenvalue weighted by atomic mass is 14.6. The van der Waals surface area contributed by atoms with E-state index >= 15 is 0 Å². The van der Waals surface area contributed by atoms with E-state index in [-0.39, 0.29) is 32.5 Å². The van der Waals surface area contributed by atoms with Gasteiger partial charge in [0.05, 0.1) is 0 Å². The average Bonchev–Trinajstić information content (AvgIpc) is 3.72. The monoisotopic (exact) mass is 750 g/mol. The van der Waals surface area contributed by atoms with Crippen LogP contribution >= 0.6 is 0 Å². The van der Waals surface area contributed by atoms with E-state index in [9.17, 15) is 0 Å². The van der Waals surface area contributed by atoms with Gasteiger partial charge in [0, 0.05) is 32.5 Å². The molecule has 0 aliphatic heterocycles. The Labute approximate surface area is 344 Å². The van der Waals surface area contributed by atoms with Crippen molar-refractivity contribution in [2.45, 2.75) is 129 Å². The first-order chi connectivity index (χ1) is 27.2. The van der Waals surface area contributed by atoms with Crippen molar-refractivity contribution >= 4 is 21.5 Å². The molecule has 0 saturated heterocycles. The number of rotatable bonds is 0. The first-order valence-electron chi connectivity index (χ1n) is 22.0. The minimum absolute atomic E-state index is 0.111. The highest BCUT2D eigenvalue weighted by Crippen LogP contribution is 2.69. The Morgan fingerprint density at radius 2 is 0.621 bits per heavy atom. The van der Waals surface area contributed by atoms with Crippen molar-refractivity contribution in [3.63, 3.8) is 0 Å². The van der Waals surface area contributed by atoms with Gasteiger partial charge in [-0.05, 0) is 182 Å². The molecule has 0 unspecified atom stereocenters. The molecule has 7 aromatic carbocycles. The van der Waals surface area contributed by atoms with E-state index in [1.54, 1.807) is 22.3 Å². The SMILES string of the molecule is Cc1cc2c3c4c(cccc14)C(C)(C)c1cc4c(c(c1-3)C2(C)C)C(C)(C)c1cc2c(cc1-4)C(C)(C)c1c-2cc2c3c1C(C)(C)c1cc(C)c4cccc(c4c1-3)C2(C)C. The molecule has 13 rings (SSSR count). The molecule has 6 aliphatic carbocycles. The van der Waals surface area contributed by atoms with Gasteiger partial charge >= 0.3 is 0 Å². The second-order valence-electron chi connectivity index (χ2n) is 22.6. The zero-order valence-corrected chi connectivity index (χ0v) is 36.9. The van der Waals surface area contributed by atoms with Crippen LogP contribution in [0.15, 0.2) is 72.8 Å². The highest BCUT2D eigenvalue weighted by Gasteiger charge is 2.54. The molecule has 58 heavy (non-hydrogen) atoms. The Morgan fingerprint density at radius 3 is 1.00 bits per heavy atom. The summed E-state index contributed by atoms with van der Waals surface area (Å²) < 4.78 is 0. The summed E-state index contributed by atoms with van der Waals surface area (Å²) in [4.78, 5) is 0. The van der Waals surface area contributed by atoms with Crippen molar-refractivity contribution in [2.24, 2.45) is 0 Å². The fraction of sp³-hybridized carbons (Fsp3) is 0.345. The molecule has 0 heterocycles. The van der Waals surface area contributed by atoms with Gasteiger partial charge in [-0.2, -0.15) is 0 Å². The summed E-state index contributed by atoms with van der Waals surface area (Å²) in [7, 11) is 0. The summed E-state index contributed by atoms with van der Waals surface area (Å²) in [5, 5.41) is 5.83. The molecular formula is C58H54. The largest absolute Gasteiger partial charge is 0.0613 e. The fourth-order valence-electron chi connectivity index (χ4n) is 14.6. The van der Waals surface area contributed by atoms with Gasteiger partial charge < -0.3 is 0 Å². The Morgan fingerprint density at radius 1 is 0.293 bits per heavy atom. The van der Waals surface area contributed by atoms with Gasteiger partial charge in [0.2, 0.25) is 0 Å². The van der Waals surface area contributed by atoms with Crippen molar-refractivity contribution < 1.29 is 0 Å². The van der Waals surface area contributed by atoms with Crippen molar-refractivity contribution in [3.05, 3.63) is 151 Å². The third-order valence-corrected chi connectivity index (χ3v) is 17.5. The predicted octanol–water partition coefficient (Wildman–Crippen LogP) is 15.1. The number of benzene rings is 7. The van der Waals surface area contributed by atoms with Crippen LogP contribution in [0.1, 0.15) is 161 Å². The van der Waals surface area contributed by atoms with E-state index in [4.69, 9.17) is 0 Å². The van der Waals surface area contributed by atoms with Gasteiger partial charge in [-0.1, -0.05) is 132 Å². The van der Waals surface area contributed by atoms with Crippen LogP contribution in [-0.2, 0) is 32.5 Å². The molecule has 0 saturated carbocycles. The lowest BCUT2D eigenvalue weighted by atomic mass is 9.66. The van der Waals surface area contributed by atoms with E-state index < -0.39 is 0 Å². The van der Waals surface area contributed by atoms with Crippen LogP contribution in [0.4, 0.5) is 0 Å². The predicted molar refractivity (Wildman–Crippen MR) is 245 cm³/mol. The Bertz CT molecular complexity index is 3050. The molecule has 0 N–H and O–H groups in total. The van der Waals surface area contributed by atoms with E-state index in [2.05, 4.69) is 170 Å². The van der Waals surface area contributed by atoms with Crippen LogP contribution in [0.3, 0.4) is 0 Å². The molecule has 286 valence electrons. The lowest BCUT2D eigenvalue weighted by Crippen LogP contribution is -2.27. The van der Waals surface area contributed by atoms with Crippen LogP contribution in [0, 0.1) is 13.8 Å². The molecule has 6 aliphatic rings. The topological polar surface area (TPSA) is 0 Å². The van der Waals surface area contributed by atoms with E-state index in [0.717, 1.165) is 0 Å². The molecule has 7 aromatic rings. The summed E-state index contributed by atoms with van der Waals surface area (Å²) >= 11 is 0. The van der Waals surface area contributed by atoms with Gasteiger partial charge in [0.1, 0.15) is 0 Å². The van der Waals surface area contributed by atoms with Gasteiger partial charge in [0.25, 0.3) is 0 Å². The first-order valence-corrected chi connectivity index (χ1v) is 22.0. The van der Waals surface area contributed by atoms with E-state index in [0.29, 0.717) is 0 Å². The van der Waals surface area contributed by atoms with Crippen LogP contribution in [0.5, 0.6) is 0 Å². The summed E-state index contributed by atoms with van der Waals surface area (Å²) in [6.45, 7) is 34.9. The smallest absolute Gasteiger partial charge is 0.0162 e. The number of hydrogen-bond acceptors (Lipinski definition) is 0. The fourth-order valence-corrected chi connectivity index (χ4v) is 14.6. The molecular weight excluding hydrogens is 697 g/mol. The van der Waals surface area contributed by atoms with Gasteiger partial charge in [-0.25, -0.2) is 0 Å². The van der Waals surface area contributed by atoms with Gasteiger partial charge in [-0.15, -0.1) is 0 Å². The quantitative estimate of drug-likeness (QED) is 0.145. The maximum absolute atomic E-state index is 2.68. The third kappa shape index (κ3) is 3.23. The van der Waals surface area contributed by atoms with Crippen molar-refractivity contribution in [3.8, 4) is 44.5 Å².